The van der Waals surface area contributed by atoms with Crippen molar-refractivity contribution in [3.05, 3.63) is 34.3 Å². The highest BCUT2D eigenvalue weighted by Crippen LogP contribution is 2.30. The van der Waals surface area contributed by atoms with Crippen molar-refractivity contribution >= 4 is 15.9 Å². The lowest BCUT2D eigenvalue weighted by Gasteiger charge is -2.49. The van der Waals surface area contributed by atoms with Crippen molar-refractivity contribution in [2.75, 3.05) is 13.1 Å². The summed E-state index contributed by atoms with van der Waals surface area (Å²) in [6, 6.07) is 9.16. The summed E-state index contributed by atoms with van der Waals surface area (Å²) >= 11 is 3.68. The molecule has 0 aliphatic carbocycles. The molecule has 2 rings (SSSR count). The van der Waals surface area contributed by atoms with E-state index in [1.807, 2.05) is 0 Å². The number of hydrogen-bond donors (Lipinski definition) is 1. The second kappa shape index (κ2) is 6.38. The standard InChI is InChI=1S/C16H25BrN2/c1-4-16(5-2)12-18-13(3)10-19(16)11-14-8-6-7-9-15(14)17/h6-9,13,18H,4-5,10-12H2,1-3H3. The fraction of sp³-hybridized carbons (Fsp3) is 0.625. The monoisotopic (exact) mass is 324 g/mol. The first-order valence-electron chi connectivity index (χ1n) is 7.33. The summed E-state index contributed by atoms with van der Waals surface area (Å²) in [4.78, 5) is 2.67. The number of piperazine rings is 1. The summed E-state index contributed by atoms with van der Waals surface area (Å²) in [7, 11) is 0. The van der Waals surface area contributed by atoms with E-state index in [4.69, 9.17) is 0 Å². The maximum absolute atomic E-state index is 3.68. The van der Waals surface area contributed by atoms with Gasteiger partial charge in [0, 0.05) is 35.7 Å². The minimum Gasteiger partial charge on any atom is -0.311 e. The Labute approximate surface area is 125 Å². The lowest BCUT2D eigenvalue weighted by atomic mass is 9.87. The molecule has 1 saturated heterocycles. The lowest BCUT2D eigenvalue weighted by Crippen LogP contribution is -2.63. The molecule has 1 atom stereocenters. The fourth-order valence-electron chi connectivity index (χ4n) is 3.08. The van der Waals surface area contributed by atoms with E-state index in [2.05, 4.69) is 71.2 Å². The summed E-state index contributed by atoms with van der Waals surface area (Å²) in [6.07, 6.45) is 2.40. The number of rotatable bonds is 4. The largest absolute Gasteiger partial charge is 0.311 e. The van der Waals surface area contributed by atoms with E-state index < -0.39 is 0 Å². The molecule has 0 amide bonds. The molecule has 1 aromatic rings. The van der Waals surface area contributed by atoms with E-state index in [0.29, 0.717) is 11.6 Å². The SMILES string of the molecule is CCC1(CC)CNC(C)CN1Cc1ccccc1Br. The number of benzene rings is 1. The summed E-state index contributed by atoms with van der Waals surface area (Å²) in [5.74, 6) is 0. The molecule has 1 heterocycles. The molecule has 1 aromatic carbocycles. The Bertz CT molecular complexity index is 415. The average molecular weight is 325 g/mol. The molecular weight excluding hydrogens is 300 g/mol. The van der Waals surface area contributed by atoms with Crippen molar-refractivity contribution in [2.45, 2.75) is 51.7 Å². The van der Waals surface area contributed by atoms with Crippen LogP contribution in [0.15, 0.2) is 28.7 Å². The molecule has 0 spiro atoms. The highest BCUT2D eigenvalue weighted by molar-refractivity contribution is 9.10. The van der Waals surface area contributed by atoms with Crippen molar-refractivity contribution < 1.29 is 0 Å². The minimum atomic E-state index is 0.307. The molecule has 1 aliphatic rings. The van der Waals surface area contributed by atoms with Gasteiger partial charge >= 0.3 is 0 Å². The van der Waals surface area contributed by atoms with E-state index >= 15 is 0 Å². The minimum absolute atomic E-state index is 0.307. The van der Waals surface area contributed by atoms with Crippen LogP contribution >= 0.6 is 15.9 Å². The molecule has 0 radical (unpaired) electrons. The van der Waals surface area contributed by atoms with E-state index in [1.54, 1.807) is 0 Å². The highest BCUT2D eigenvalue weighted by atomic mass is 79.9. The summed E-state index contributed by atoms with van der Waals surface area (Å²) in [6.45, 7) is 10.2. The molecule has 0 bridgehead atoms. The van der Waals surface area contributed by atoms with Crippen molar-refractivity contribution in [1.82, 2.24) is 10.2 Å². The van der Waals surface area contributed by atoms with Gasteiger partial charge in [-0.2, -0.15) is 0 Å². The number of hydrogen-bond acceptors (Lipinski definition) is 2. The van der Waals surface area contributed by atoms with Crippen molar-refractivity contribution in [1.29, 1.82) is 0 Å². The number of nitrogens with one attached hydrogen (secondary N) is 1. The highest BCUT2D eigenvalue weighted by Gasteiger charge is 2.37. The Morgan fingerprint density at radius 3 is 2.63 bits per heavy atom. The number of nitrogens with zero attached hydrogens (tertiary/aromatic N) is 1. The third-order valence-electron chi connectivity index (χ3n) is 4.58. The molecule has 1 aliphatic heterocycles. The van der Waals surface area contributed by atoms with Gasteiger partial charge in [-0.1, -0.05) is 48.0 Å². The van der Waals surface area contributed by atoms with E-state index in [9.17, 15) is 0 Å². The van der Waals surface area contributed by atoms with Gasteiger partial charge in [-0.25, -0.2) is 0 Å². The van der Waals surface area contributed by atoms with Crippen LogP contribution in [0.4, 0.5) is 0 Å². The van der Waals surface area contributed by atoms with E-state index in [0.717, 1.165) is 19.6 Å². The van der Waals surface area contributed by atoms with Crippen LogP contribution in [0.3, 0.4) is 0 Å². The summed E-state index contributed by atoms with van der Waals surface area (Å²) in [5, 5.41) is 3.65. The first-order valence-corrected chi connectivity index (χ1v) is 8.12. The molecule has 106 valence electrons. The van der Waals surface area contributed by atoms with Crippen LogP contribution in [0.5, 0.6) is 0 Å². The molecule has 0 saturated carbocycles. The maximum Gasteiger partial charge on any atom is 0.0333 e. The molecule has 1 N–H and O–H groups in total. The normalized spacial score (nSPS) is 23.5. The van der Waals surface area contributed by atoms with E-state index in [1.165, 1.54) is 22.9 Å². The van der Waals surface area contributed by atoms with Crippen molar-refractivity contribution in [3.8, 4) is 0 Å². The van der Waals surface area contributed by atoms with Gasteiger partial charge in [-0.3, -0.25) is 4.90 Å². The molecule has 1 fully saturated rings. The average Bonchev–Trinajstić information content (AvgIpc) is 2.42. The fourth-order valence-corrected chi connectivity index (χ4v) is 3.49. The van der Waals surface area contributed by atoms with Crippen LogP contribution in [0.2, 0.25) is 0 Å². The Morgan fingerprint density at radius 1 is 1.32 bits per heavy atom. The Kier molecular flexibility index (Phi) is 5.04. The zero-order valence-corrected chi connectivity index (χ0v) is 13.8. The van der Waals surface area contributed by atoms with Crippen LogP contribution < -0.4 is 5.32 Å². The van der Waals surface area contributed by atoms with Crippen LogP contribution in [0.1, 0.15) is 39.2 Å². The molecule has 0 aromatic heterocycles. The van der Waals surface area contributed by atoms with Gasteiger partial charge in [-0.15, -0.1) is 0 Å². The smallest absolute Gasteiger partial charge is 0.0333 e. The summed E-state index contributed by atoms with van der Waals surface area (Å²) in [5.41, 5.74) is 1.70. The summed E-state index contributed by atoms with van der Waals surface area (Å²) < 4.78 is 1.22. The third-order valence-corrected chi connectivity index (χ3v) is 5.35. The Morgan fingerprint density at radius 2 is 2.00 bits per heavy atom. The predicted octanol–water partition coefficient (Wildman–Crippen LogP) is 3.80. The van der Waals surface area contributed by atoms with Crippen LogP contribution in [0, 0.1) is 0 Å². The molecule has 2 nitrogen and oxygen atoms in total. The number of halogens is 1. The first kappa shape index (κ1) is 15.0. The van der Waals surface area contributed by atoms with Gasteiger partial charge in [0.25, 0.3) is 0 Å². The van der Waals surface area contributed by atoms with Crippen LogP contribution in [-0.2, 0) is 6.54 Å². The lowest BCUT2D eigenvalue weighted by molar-refractivity contribution is 0.0277. The zero-order valence-electron chi connectivity index (χ0n) is 12.2. The molecule has 3 heteroatoms. The topological polar surface area (TPSA) is 15.3 Å². The quantitative estimate of drug-likeness (QED) is 0.906. The molecule has 1 unspecified atom stereocenters. The Balaban J connectivity index is 2.21. The predicted molar refractivity (Wildman–Crippen MR) is 85.3 cm³/mol. The van der Waals surface area contributed by atoms with Gasteiger partial charge in [0.2, 0.25) is 0 Å². The van der Waals surface area contributed by atoms with Gasteiger partial charge in [0.15, 0.2) is 0 Å². The maximum atomic E-state index is 3.68. The van der Waals surface area contributed by atoms with E-state index in [-0.39, 0.29) is 0 Å². The molecular formula is C16H25BrN2. The second-order valence-electron chi connectivity index (χ2n) is 5.69. The Hall–Kier alpha value is -0.380. The van der Waals surface area contributed by atoms with Crippen molar-refractivity contribution in [2.24, 2.45) is 0 Å². The van der Waals surface area contributed by atoms with Gasteiger partial charge in [0.05, 0.1) is 0 Å². The van der Waals surface area contributed by atoms with Gasteiger partial charge in [0.1, 0.15) is 0 Å². The molecule has 19 heavy (non-hydrogen) atoms. The zero-order chi connectivity index (χ0) is 13.9. The first-order chi connectivity index (χ1) is 9.11. The van der Waals surface area contributed by atoms with Gasteiger partial charge < -0.3 is 5.32 Å². The van der Waals surface area contributed by atoms with Crippen molar-refractivity contribution in [3.63, 3.8) is 0 Å². The van der Waals surface area contributed by atoms with Crippen LogP contribution in [-0.4, -0.2) is 29.6 Å². The van der Waals surface area contributed by atoms with Gasteiger partial charge in [-0.05, 0) is 31.4 Å². The van der Waals surface area contributed by atoms with Crippen LogP contribution in [0.25, 0.3) is 0 Å². The second-order valence-corrected chi connectivity index (χ2v) is 6.54. The third kappa shape index (κ3) is 3.21.